The highest BCUT2D eigenvalue weighted by Gasteiger charge is 2.20. The Hall–Kier alpha value is -3.48. The van der Waals surface area contributed by atoms with E-state index >= 15 is 0 Å². The van der Waals surface area contributed by atoms with Crippen LogP contribution in [0.4, 0.5) is 4.39 Å². The fourth-order valence-corrected chi connectivity index (χ4v) is 2.61. The Bertz CT molecular complexity index is 1000. The third-order valence-electron chi connectivity index (χ3n) is 4.05. The number of hydrogen-bond acceptors (Lipinski definition) is 4. The monoisotopic (exact) mass is 367 g/mol. The molecule has 0 aliphatic heterocycles. The van der Waals surface area contributed by atoms with Crippen LogP contribution in [0.25, 0.3) is 5.69 Å². The van der Waals surface area contributed by atoms with Crippen LogP contribution in [-0.4, -0.2) is 22.8 Å². The van der Waals surface area contributed by atoms with Crippen LogP contribution < -0.4 is 15.6 Å². The van der Waals surface area contributed by atoms with Gasteiger partial charge in [-0.1, -0.05) is 30.3 Å². The van der Waals surface area contributed by atoms with Gasteiger partial charge < -0.3 is 10.1 Å². The summed E-state index contributed by atoms with van der Waals surface area (Å²) in [6.45, 7) is 1.84. The van der Waals surface area contributed by atoms with Crippen molar-refractivity contribution >= 4 is 5.91 Å². The number of halogens is 1. The number of methoxy groups -OCH3 is 1. The quantitative estimate of drug-likeness (QED) is 0.753. The Balaban J connectivity index is 1.96. The number of amides is 1. The lowest BCUT2D eigenvalue weighted by Crippen LogP contribution is -2.31. The van der Waals surface area contributed by atoms with E-state index in [-0.39, 0.29) is 17.5 Å². The Kier molecular flexibility index (Phi) is 5.30. The van der Waals surface area contributed by atoms with E-state index in [0.29, 0.717) is 5.69 Å². The Morgan fingerprint density at radius 3 is 2.44 bits per heavy atom. The van der Waals surface area contributed by atoms with Gasteiger partial charge in [0.2, 0.25) is 0 Å². The van der Waals surface area contributed by atoms with Crippen molar-refractivity contribution in [2.75, 3.05) is 7.11 Å². The molecule has 138 valence electrons. The minimum Gasteiger partial charge on any atom is -0.494 e. The third-order valence-corrected chi connectivity index (χ3v) is 4.05. The van der Waals surface area contributed by atoms with Crippen LogP contribution in [0.2, 0.25) is 0 Å². The number of carbonyl (C=O) groups is 1. The molecule has 0 spiro atoms. The van der Waals surface area contributed by atoms with Gasteiger partial charge in [0.1, 0.15) is 5.82 Å². The molecule has 0 radical (unpaired) electrons. The molecule has 3 aromatic rings. The minimum atomic E-state index is -0.494. The standard InChI is InChI=1S/C20H18FN3O3/c1-13(14-6-4-3-5-7-14)22-20(26)19-17(27-2)12-18(25)24(23-19)16-10-8-15(21)9-11-16/h3-13H,1-2H3,(H,22,26)/t13-/m1/s1. The van der Waals surface area contributed by atoms with E-state index in [4.69, 9.17) is 4.74 Å². The lowest BCUT2D eigenvalue weighted by molar-refractivity contribution is 0.0929. The summed E-state index contributed by atoms with van der Waals surface area (Å²) >= 11 is 0. The van der Waals surface area contributed by atoms with Crippen LogP contribution in [0.3, 0.4) is 0 Å². The maximum absolute atomic E-state index is 13.1. The maximum Gasteiger partial charge on any atom is 0.276 e. The normalized spacial score (nSPS) is 11.7. The fraction of sp³-hybridized carbons (Fsp3) is 0.150. The Labute approximate surface area is 155 Å². The predicted octanol–water partition coefficient (Wildman–Crippen LogP) is 2.87. The second-order valence-electron chi connectivity index (χ2n) is 5.89. The van der Waals surface area contributed by atoms with Gasteiger partial charge in [0, 0.05) is 0 Å². The van der Waals surface area contributed by atoms with Gasteiger partial charge >= 0.3 is 0 Å². The average molecular weight is 367 g/mol. The van der Waals surface area contributed by atoms with Crippen LogP contribution >= 0.6 is 0 Å². The van der Waals surface area contributed by atoms with Crippen LogP contribution in [0.15, 0.2) is 65.5 Å². The highest BCUT2D eigenvalue weighted by atomic mass is 19.1. The predicted molar refractivity (Wildman–Crippen MR) is 98.7 cm³/mol. The van der Waals surface area contributed by atoms with Crippen molar-refractivity contribution in [2.45, 2.75) is 13.0 Å². The first-order valence-electron chi connectivity index (χ1n) is 8.29. The molecule has 1 atom stereocenters. The van der Waals surface area contributed by atoms with Gasteiger partial charge in [-0.05, 0) is 36.8 Å². The van der Waals surface area contributed by atoms with Crippen LogP contribution in [-0.2, 0) is 0 Å². The molecule has 0 saturated heterocycles. The summed E-state index contributed by atoms with van der Waals surface area (Å²) in [5, 5.41) is 6.97. The molecule has 1 N–H and O–H groups in total. The summed E-state index contributed by atoms with van der Waals surface area (Å²) in [6, 6.07) is 15.6. The van der Waals surface area contributed by atoms with Gasteiger partial charge in [-0.25, -0.2) is 4.39 Å². The molecular formula is C20H18FN3O3. The van der Waals surface area contributed by atoms with E-state index in [1.807, 2.05) is 37.3 Å². The van der Waals surface area contributed by atoms with Gasteiger partial charge in [-0.3, -0.25) is 9.59 Å². The summed E-state index contributed by atoms with van der Waals surface area (Å²) in [5.41, 5.74) is 0.737. The first kappa shape index (κ1) is 18.3. The smallest absolute Gasteiger partial charge is 0.276 e. The van der Waals surface area contributed by atoms with Crippen molar-refractivity contribution in [3.05, 3.63) is 88.1 Å². The number of nitrogens with zero attached hydrogens (tertiary/aromatic N) is 2. The molecule has 1 heterocycles. The van der Waals surface area contributed by atoms with Crippen molar-refractivity contribution in [1.82, 2.24) is 15.1 Å². The first-order valence-corrected chi connectivity index (χ1v) is 8.29. The number of carbonyl (C=O) groups excluding carboxylic acids is 1. The summed E-state index contributed by atoms with van der Waals surface area (Å²) in [4.78, 5) is 25.0. The molecule has 0 saturated carbocycles. The van der Waals surface area contributed by atoms with Crippen molar-refractivity contribution in [3.8, 4) is 11.4 Å². The average Bonchev–Trinajstić information content (AvgIpc) is 2.69. The molecule has 1 aromatic heterocycles. The molecule has 2 aromatic carbocycles. The zero-order valence-corrected chi connectivity index (χ0v) is 14.8. The Morgan fingerprint density at radius 2 is 1.81 bits per heavy atom. The van der Waals surface area contributed by atoms with Crippen LogP contribution in [0, 0.1) is 5.82 Å². The van der Waals surface area contributed by atoms with Crippen molar-refractivity contribution in [1.29, 1.82) is 0 Å². The van der Waals surface area contributed by atoms with E-state index in [1.165, 1.54) is 37.4 Å². The fourth-order valence-electron chi connectivity index (χ4n) is 2.61. The molecule has 27 heavy (non-hydrogen) atoms. The lowest BCUT2D eigenvalue weighted by atomic mass is 10.1. The molecule has 0 unspecified atom stereocenters. The van der Waals surface area contributed by atoms with E-state index in [9.17, 15) is 14.0 Å². The van der Waals surface area contributed by atoms with Crippen molar-refractivity contribution in [2.24, 2.45) is 0 Å². The highest BCUT2D eigenvalue weighted by molar-refractivity contribution is 5.95. The number of benzene rings is 2. The van der Waals surface area contributed by atoms with Crippen molar-refractivity contribution < 1.29 is 13.9 Å². The third kappa shape index (κ3) is 4.03. The number of hydrogen-bond donors (Lipinski definition) is 1. The van der Waals surface area contributed by atoms with Gasteiger partial charge in [-0.2, -0.15) is 9.78 Å². The lowest BCUT2D eigenvalue weighted by Gasteiger charge is -2.16. The maximum atomic E-state index is 13.1. The second-order valence-corrected chi connectivity index (χ2v) is 5.89. The molecule has 0 fully saturated rings. The van der Waals surface area contributed by atoms with Gasteiger partial charge in [0.05, 0.1) is 24.9 Å². The van der Waals surface area contributed by atoms with Crippen LogP contribution in [0.5, 0.6) is 5.75 Å². The van der Waals surface area contributed by atoms with Crippen molar-refractivity contribution in [3.63, 3.8) is 0 Å². The minimum absolute atomic E-state index is 0.0378. The molecule has 0 bridgehead atoms. The summed E-state index contributed by atoms with van der Waals surface area (Å²) in [6.07, 6.45) is 0. The molecule has 0 aliphatic carbocycles. The first-order chi connectivity index (χ1) is 13.0. The summed E-state index contributed by atoms with van der Waals surface area (Å²) in [5.74, 6) is -0.856. The van der Waals surface area contributed by atoms with Gasteiger partial charge in [0.25, 0.3) is 11.5 Å². The number of nitrogens with one attached hydrogen (secondary N) is 1. The topological polar surface area (TPSA) is 73.2 Å². The van der Waals surface area contributed by atoms with E-state index < -0.39 is 17.3 Å². The second kappa shape index (κ2) is 7.82. The van der Waals surface area contributed by atoms with Gasteiger partial charge in [0.15, 0.2) is 11.4 Å². The summed E-state index contributed by atoms with van der Waals surface area (Å²) < 4.78 is 19.3. The van der Waals surface area contributed by atoms with Crippen LogP contribution in [0.1, 0.15) is 29.0 Å². The largest absolute Gasteiger partial charge is 0.494 e. The Morgan fingerprint density at radius 1 is 1.15 bits per heavy atom. The zero-order valence-electron chi connectivity index (χ0n) is 14.8. The summed E-state index contributed by atoms with van der Waals surface area (Å²) in [7, 11) is 1.36. The zero-order chi connectivity index (χ0) is 19.4. The van der Waals surface area contributed by atoms with E-state index in [2.05, 4.69) is 10.4 Å². The van der Waals surface area contributed by atoms with Gasteiger partial charge in [-0.15, -0.1) is 0 Å². The molecule has 7 heteroatoms. The van der Waals surface area contributed by atoms with E-state index in [1.54, 1.807) is 0 Å². The molecular weight excluding hydrogens is 349 g/mol. The number of rotatable bonds is 5. The SMILES string of the molecule is COc1cc(=O)n(-c2ccc(F)cc2)nc1C(=O)N[C@H](C)c1ccccc1. The molecule has 0 aliphatic rings. The van der Waals surface area contributed by atoms with E-state index in [0.717, 1.165) is 10.2 Å². The molecule has 6 nitrogen and oxygen atoms in total. The number of aromatic nitrogens is 2. The number of ether oxygens (including phenoxy) is 1. The molecule has 1 amide bonds. The highest BCUT2D eigenvalue weighted by Crippen LogP contribution is 2.17. The molecule has 3 rings (SSSR count).